The van der Waals surface area contributed by atoms with E-state index in [1.165, 1.54) is 17.9 Å². The molecule has 0 bridgehead atoms. The van der Waals surface area contributed by atoms with Crippen LogP contribution in [0.1, 0.15) is 31.4 Å². The summed E-state index contributed by atoms with van der Waals surface area (Å²) in [6, 6.07) is 14.2. The molecule has 38 heavy (non-hydrogen) atoms. The zero-order valence-electron chi connectivity index (χ0n) is 21.7. The van der Waals surface area contributed by atoms with E-state index >= 15 is 0 Å². The molecule has 1 heterocycles. The van der Waals surface area contributed by atoms with Crippen LogP contribution >= 0.6 is 0 Å². The number of hydrogen-bond acceptors (Lipinski definition) is 6. The minimum Gasteiger partial charge on any atom is -0.395 e. The van der Waals surface area contributed by atoms with Crippen molar-refractivity contribution in [3.63, 3.8) is 0 Å². The molecule has 9 heteroatoms. The highest BCUT2D eigenvalue weighted by molar-refractivity contribution is 6.08. The van der Waals surface area contributed by atoms with Gasteiger partial charge in [0.05, 0.1) is 12.3 Å². The van der Waals surface area contributed by atoms with Crippen LogP contribution in [0.3, 0.4) is 0 Å². The maximum Gasteiger partial charge on any atom is 0.264 e. The van der Waals surface area contributed by atoms with Gasteiger partial charge >= 0.3 is 0 Å². The summed E-state index contributed by atoms with van der Waals surface area (Å²) < 4.78 is 0. The zero-order chi connectivity index (χ0) is 27.9. The average Bonchev–Trinajstić information content (AvgIpc) is 3.11. The molecule has 0 saturated carbocycles. The summed E-state index contributed by atoms with van der Waals surface area (Å²) in [5.41, 5.74) is 0.115. The lowest BCUT2D eigenvalue weighted by molar-refractivity contribution is -0.139. The highest BCUT2D eigenvalue weighted by atomic mass is 16.3. The number of rotatable bonds is 12. The van der Waals surface area contributed by atoms with E-state index in [0.29, 0.717) is 23.5 Å². The molecule has 202 valence electrons. The normalized spacial score (nSPS) is 18.2. The van der Waals surface area contributed by atoms with E-state index in [-0.39, 0.29) is 32.0 Å². The Balaban J connectivity index is 1.82. The summed E-state index contributed by atoms with van der Waals surface area (Å²) in [6.07, 6.45) is 3.58. The van der Waals surface area contributed by atoms with Gasteiger partial charge in [-0.05, 0) is 30.7 Å². The lowest BCUT2D eigenvalue weighted by Gasteiger charge is -2.27. The van der Waals surface area contributed by atoms with Crippen molar-refractivity contribution in [1.82, 2.24) is 4.90 Å². The summed E-state index contributed by atoms with van der Waals surface area (Å²) >= 11 is 0. The van der Waals surface area contributed by atoms with Gasteiger partial charge in [-0.3, -0.25) is 14.4 Å². The predicted octanol–water partition coefficient (Wildman–Crippen LogP) is 2.33. The number of carbonyl (C=O) groups excluding carboxylic acids is 3. The second kappa shape index (κ2) is 12.6. The van der Waals surface area contributed by atoms with E-state index in [1.807, 2.05) is 30.3 Å². The number of fused-ring (bicyclic) bond motifs is 1. The van der Waals surface area contributed by atoms with Crippen LogP contribution in [0.15, 0.2) is 73.3 Å². The van der Waals surface area contributed by atoms with E-state index in [1.54, 1.807) is 42.2 Å². The topological polar surface area (TPSA) is 130 Å². The first-order valence-corrected chi connectivity index (χ1v) is 12.5. The molecule has 4 N–H and O–H groups in total. The molecule has 0 fully saturated rings. The standard InChI is InChI=1S/C29H35N3O6/c1-4-15-32-25-14-13-23(30-27(36)21(3)34)18-24(25)29(38,28(32)37)20(2)9-8-12-26(35)31(16-17-33)19-22-10-6-5-7-11-22/h4-11,13-14,18,20-21,33-34,38H,1,12,15-17,19H2,2-3H3,(H,30,36)/b9-8+/t20-,21+,29+/m1/s1. The molecule has 1 aliphatic heterocycles. The van der Waals surface area contributed by atoms with E-state index in [4.69, 9.17) is 0 Å². The highest BCUT2D eigenvalue weighted by Crippen LogP contribution is 2.46. The summed E-state index contributed by atoms with van der Waals surface area (Å²) in [6.45, 7) is 7.26. The van der Waals surface area contributed by atoms with Crippen LogP contribution in [0.5, 0.6) is 0 Å². The quantitative estimate of drug-likeness (QED) is 0.317. The molecule has 0 aromatic heterocycles. The molecular formula is C29H35N3O6. The van der Waals surface area contributed by atoms with Crippen molar-refractivity contribution >= 4 is 29.1 Å². The fourth-order valence-corrected chi connectivity index (χ4v) is 4.44. The number of aliphatic hydroxyl groups is 3. The van der Waals surface area contributed by atoms with Crippen molar-refractivity contribution in [3.05, 3.63) is 84.5 Å². The number of aliphatic hydroxyl groups excluding tert-OH is 2. The first-order chi connectivity index (χ1) is 18.1. The van der Waals surface area contributed by atoms with Crippen molar-refractivity contribution in [3.8, 4) is 0 Å². The summed E-state index contributed by atoms with van der Waals surface area (Å²) in [4.78, 5) is 41.2. The van der Waals surface area contributed by atoms with Gasteiger partial charge in [-0.25, -0.2) is 0 Å². The lowest BCUT2D eigenvalue weighted by Crippen LogP contribution is -2.44. The van der Waals surface area contributed by atoms with E-state index < -0.39 is 29.4 Å². The third kappa shape index (κ3) is 6.19. The molecule has 0 spiro atoms. The first kappa shape index (κ1) is 28.8. The number of hydrogen-bond donors (Lipinski definition) is 4. The number of benzene rings is 2. The van der Waals surface area contributed by atoms with Gasteiger partial charge in [-0.2, -0.15) is 0 Å². The molecule has 3 atom stereocenters. The molecule has 0 saturated heterocycles. The molecule has 3 rings (SSSR count). The van der Waals surface area contributed by atoms with Gasteiger partial charge in [0, 0.05) is 43.2 Å². The van der Waals surface area contributed by atoms with Crippen LogP contribution in [-0.2, 0) is 26.5 Å². The van der Waals surface area contributed by atoms with Gasteiger partial charge in [-0.1, -0.05) is 55.5 Å². The molecule has 0 aliphatic carbocycles. The molecule has 9 nitrogen and oxygen atoms in total. The van der Waals surface area contributed by atoms with E-state index in [9.17, 15) is 29.7 Å². The lowest BCUT2D eigenvalue weighted by atomic mass is 9.82. The van der Waals surface area contributed by atoms with Crippen molar-refractivity contribution in [2.24, 2.45) is 5.92 Å². The largest absolute Gasteiger partial charge is 0.395 e. The number of amides is 3. The third-order valence-corrected chi connectivity index (χ3v) is 6.54. The molecule has 2 aromatic carbocycles. The van der Waals surface area contributed by atoms with Crippen molar-refractivity contribution in [2.45, 2.75) is 38.5 Å². The average molecular weight is 522 g/mol. The monoisotopic (exact) mass is 521 g/mol. The number of nitrogens with zero attached hydrogens (tertiary/aromatic N) is 2. The fourth-order valence-electron chi connectivity index (χ4n) is 4.44. The summed E-state index contributed by atoms with van der Waals surface area (Å²) in [5, 5.41) is 33.3. The minimum absolute atomic E-state index is 0.0230. The van der Waals surface area contributed by atoms with E-state index in [2.05, 4.69) is 11.9 Å². The van der Waals surface area contributed by atoms with Crippen LogP contribution in [0.4, 0.5) is 11.4 Å². The Kier molecular flexibility index (Phi) is 9.57. The number of anilines is 2. The van der Waals surface area contributed by atoms with Crippen LogP contribution in [-0.4, -0.2) is 63.7 Å². The van der Waals surface area contributed by atoms with Crippen LogP contribution in [0, 0.1) is 5.92 Å². The molecule has 0 radical (unpaired) electrons. The second-order valence-electron chi connectivity index (χ2n) is 9.31. The number of nitrogens with one attached hydrogen (secondary N) is 1. The predicted molar refractivity (Wildman–Crippen MR) is 145 cm³/mol. The SMILES string of the molecule is C=CCN1C(=O)[C@](O)([C@H](C)/C=C/CC(=O)N(CCO)Cc2ccccc2)c2cc(NC(=O)[C@H](C)O)ccc21. The Bertz CT molecular complexity index is 1200. The Labute approximate surface area is 222 Å². The zero-order valence-corrected chi connectivity index (χ0v) is 21.7. The first-order valence-electron chi connectivity index (χ1n) is 12.5. The van der Waals surface area contributed by atoms with Crippen LogP contribution < -0.4 is 10.2 Å². The maximum absolute atomic E-state index is 13.4. The Morgan fingerprint density at radius 3 is 2.53 bits per heavy atom. The Morgan fingerprint density at radius 2 is 1.89 bits per heavy atom. The van der Waals surface area contributed by atoms with Gasteiger partial charge in [0.2, 0.25) is 5.91 Å². The van der Waals surface area contributed by atoms with Gasteiger partial charge in [-0.15, -0.1) is 6.58 Å². The maximum atomic E-state index is 13.4. The van der Waals surface area contributed by atoms with Gasteiger partial charge in [0.15, 0.2) is 5.60 Å². The van der Waals surface area contributed by atoms with Crippen LogP contribution in [0.25, 0.3) is 0 Å². The highest BCUT2D eigenvalue weighted by Gasteiger charge is 2.52. The van der Waals surface area contributed by atoms with Gasteiger partial charge in [0.25, 0.3) is 11.8 Å². The summed E-state index contributed by atoms with van der Waals surface area (Å²) in [5.74, 6) is -2.08. The molecule has 0 unspecified atom stereocenters. The summed E-state index contributed by atoms with van der Waals surface area (Å²) in [7, 11) is 0. The molecule has 1 aliphatic rings. The van der Waals surface area contributed by atoms with Crippen molar-refractivity contribution in [2.75, 3.05) is 29.9 Å². The third-order valence-electron chi connectivity index (χ3n) is 6.54. The van der Waals surface area contributed by atoms with Gasteiger partial charge < -0.3 is 30.4 Å². The molecule has 3 amide bonds. The Morgan fingerprint density at radius 1 is 1.18 bits per heavy atom. The molecular weight excluding hydrogens is 486 g/mol. The van der Waals surface area contributed by atoms with Gasteiger partial charge in [0.1, 0.15) is 6.10 Å². The minimum atomic E-state index is -1.95. The number of carbonyl (C=O) groups is 3. The van der Waals surface area contributed by atoms with Crippen LogP contribution in [0.2, 0.25) is 0 Å². The molecule has 2 aromatic rings. The smallest absolute Gasteiger partial charge is 0.264 e. The second-order valence-corrected chi connectivity index (χ2v) is 9.31. The van der Waals surface area contributed by atoms with Crippen molar-refractivity contribution < 1.29 is 29.7 Å². The Hall–Kier alpha value is -3.79. The fraction of sp³-hybridized carbons (Fsp3) is 0.345. The van der Waals surface area contributed by atoms with Crippen molar-refractivity contribution in [1.29, 1.82) is 0 Å². The van der Waals surface area contributed by atoms with E-state index in [0.717, 1.165) is 5.56 Å².